The number of esters is 1. The lowest BCUT2D eigenvalue weighted by atomic mass is 9.94. The smallest absolute Gasteiger partial charge is 0.310 e. The SMILES string of the molecule is CCOC(=O)C1CCCN(C(=O)c2cnc(-c3ccc(C)cc3)nc2N(C)C2CCCCC2)C1. The van der Waals surface area contributed by atoms with Crippen molar-refractivity contribution in [3.05, 3.63) is 41.6 Å². The normalized spacial score (nSPS) is 19.0. The number of nitrogens with zero attached hydrogens (tertiary/aromatic N) is 4. The topological polar surface area (TPSA) is 75.6 Å². The van der Waals surface area contributed by atoms with Gasteiger partial charge in [-0.1, -0.05) is 49.1 Å². The van der Waals surface area contributed by atoms with E-state index in [1.807, 2.05) is 38.2 Å². The highest BCUT2D eigenvalue weighted by Gasteiger charge is 2.32. The number of ether oxygens (including phenoxy) is 1. The molecule has 1 atom stereocenters. The molecule has 1 amide bonds. The van der Waals surface area contributed by atoms with Crippen LogP contribution in [0.4, 0.5) is 5.82 Å². The first-order valence-corrected chi connectivity index (χ1v) is 12.6. The molecule has 2 heterocycles. The van der Waals surface area contributed by atoms with Gasteiger partial charge in [-0.2, -0.15) is 0 Å². The van der Waals surface area contributed by atoms with Gasteiger partial charge in [-0.15, -0.1) is 0 Å². The largest absolute Gasteiger partial charge is 0.466 e. The zero-order valence-electron chi connectivity index (χ0n) is 20.6. The molecule has 0 radical (unpaired) electrons. The summed E-state index contributed by atoms with van der Waals surface area (Å²) < 4.78 is 5.22. The summed E-state index contributed by atoms with van der Waals surface area (Å²) >= 11 is 0. The molecule has 1 aliphatic heterocycles. The van der Waals surface area contributed by atoms with Gasteiger partial charge in [0.15, 0.2) is 5.82 Å². The van der Waals surface area contributed by atoms with Gasteiger partial charge >= 0.3 is 5.97 Å². The number of carbonyl (C=O) groups excluding carboxylic acids is 2. The minimum atomic E-state index is -0.273. The van der Waals surface area contributed by atoms with Crippen LogP contribution in [0.25, 0.3) is 11.4 Å². The van der Waals surface area contributed by atoms with Crippen LogP contribution in [0.3, 0.4) is 0 Å². The van der Waals surface area contributed by atoms with Crippen molar-refractivity contribution in [2.75, 3.05) is 31.6 Å². The van der Waals surface area contributed by atoms with Gasteiger partial charge in [0.05, 0.1) is 12.5 Å². The van der Waals surface area contributed by atoms with Crippen LogP contribution < -0.4 is 4.90 Å². The van der Waals surface area contributed by atoms with E-state index in [9.17, 15) is 9.59 Å². The number of hydrogen-bond acceptors (Lipinski definition) is 6. The Morgan fingerprint density at radius 2 is 1.82 bits per heavy atom. The molecule has 2 fully saturated rings. The van der Waals surface area contributed by atoms with Crippen molar-refractivity contribution in [1.29, 1.82) is 0 Å². The van der Waals surface area contributed by atoms with Gasteiger partial charge in [-0.25, -0.2) is 9.97 Å². The van der Waals surface area contributed by atoms with E-state index in [2.05, 4.69) is 16.8 Å². The Balaban J connectivity index is 1.65. The zero-order chi connectivity index (χ0) is 24.1. The number of benzene rings is 1. The summed E-state index contributed by atoms with van der Waals surface area (Å²) in [6.45, 7) is 5.22. The second-order valence-corrected chi connectivity index (χ2v) is 9.54. The highest BCUT2D eigenvalue weighted by molar-refractivity contribution is 5.99. The molecule has 1 unspecified atom stereocenters. The Bertz CT molecular complexity index is 1000. The Morgan fingerprint density at radius 1 is 1.09 bits per heavy atom. The maximum absolute atomic E-state index is 13.7. The molecule has 34 heavy (non-hydrogen) atoms. The lowest BCUT2D eigenvalue weighted by Gasteiger charge is -2.35. The lowest BCUT2D eigenvalue weighted by molar-refractivity contribution is -0.149. The number of piperidine rings is 1. The first-order chi connectivity index (χ1) is 16.5. The van der Waals surface area contributed by atoms with E-state index < -0.39 is 0 Å². The fourth-order valence-corrected chi connectivity index (χ4v) is 5.06. The second-order valence-electron chi connectivity index (χ2n) is 9.54. The van der Waals surface area contributed by atoms with Gasteiger partial charge in [0.1, 0.15) is 11.4 Å². The summed E-state index contributed by atoms with van der Waals surface area (Å²) in [6, 6.07) is 8.49. The van der Waals surface area contributed by atoms with E-state index in [1.165, 1.54) is 24.8 Å². The van der Waals surface area contributed by atoms with Crippen molar-refractivity contribution in [1.82, 2.24) is 14.9 Å². The van der Waals surface area contributed by atoms with Crippen LogP contribution in [-0.2, 0) is 9.53 Å². The molecule has 2 aliphatic rings. The quantitative estimate of drug-likeness (QED) is 0.580. The van der Waals surface area contributed by atoms with Crippen molar-refractivity contribution >= 4 is 17.7 Å². The highest BCUT2D eigenvalue weighted by Crippen LogP contribution is 2.30. The Hall–Kier alpha value is -2.96. The van der Waals surface area contributed by atoms with Crippen molar-refractivity contribution < 1.29 is 14.3 Å². The molecule has 1 saturated carbocycles. The summed E-state index contributed by atoms with van der Waals surface area (Å²) in [5.74, 6) is 0.704. The Labute approximate surface area is 202 Å². The molecular formula is C27H36N4O3. The molecule has 1 aliphatic carbocycles. The summed E-state index contributed by atoms with van der Waals surface area (Å²) in [6.07, 6.45) is 9.06. The first kappa shape index (κ1) is 24.2. The summed E-state index contributed by atoms with van der Waals surface area (Å²) in [4.78, 5) is 39.5. The Kier molecular flexibility index (Phi) is 7.80. The third kappa shape index (κ3) is 5.40. The average Bonchev–Trinajstić information content (AvgIpc) is 2.88. The highest BCUT2D eigenvalue weighted by atomic mass is 16.5. The van der Waals surface area contributed by atoms with Gasteiger partial charge in [0, 0.05) is 37.9 Å². The minimum Gasteiger partial charge on any atom is -0.466 e. The lowest BCUT2D eigenvalue weighted by Crippen LogP contribution is -2.44. The van der Waals surface area contributed by atoms with Crippen LogP contribution in [0.2, 0.25) is 0 Å². The molecule has 7 nitrogen and oxygen atoms in total. The fourth-order valence-electron chi connectivity index (χ4n) is 5.06. The van der Waals surface area contributed by atoms with Crippen molar-refractivity contribution in [3.63, 3.8) is 0 Å². The van der Waals surface area contributed by atoms with E-state index in [0.717, 1.165) is 31.2 Å². The van der Waals surface area contributed by atoms with Crippen LogP contribution in [0.5, 0.6) is 0 Å². The maximum atomic E-state index is 13.7. The van der Waals surface area contributed by atoms with Gasteiger partial charge in [-0.3, -0.25) is 9.59 Å². The third-order valence-corrected chi connectivity index (χ3v) is 7.09. The molecule has 1 saturated heterocycles. The number of likely N-dealkylation sites (tertiary alicyclic amines) is 1. The second kappa shape index (κ2) is 11.0. The summed E-state index contributed by atoms with van der Waals surface area (Å²) in [5, 5.41) is 0. The van der Waals surface area contributed by atoms with E-state index in [0.29, 0.717) is 42.9 Å². The van der Waals surface area contributed by atoms with Crippen molar-refractivity contribution in [3.8, 4) is 11.4 Å². The van der Waals surface area contributed by atoms with Crippen LogP contribution in [0.1, 0.15) is 67.8 Å². The molecule has 2 aromatic rings. The van der Waals surface area contributed by atoms with Crippen LogP contribution in [0, 0.1) is 12.8 Å². The van der Waals surface area contributed by atoms with E-state index in [4.69, 9.17) is 9.72 Å². The van der Waals surface area contributed by atoms with Gasteiger partial charge in [0.25, 0.3) is 5.91 Å². The predicted molar refractivity (Wildman–Crippen MR) is 133 cm³/mol. The molecule has 0 N–H and O–H groups in total. The molecular weight excluding hydrogens is 428 g/mol. The number of aromatic nitrogens is 2. The fraction of sp³-hybridized carbons (Fsp3) is 0.556. The number of anilines is 1. The minimum absolute atomic E-state index is 0.109. The van der Waals surface area contributed by atoms with Crippen molar-refractivity contribution in [2.45, 2.75) is 64.8 Å². The monoisotopic (exact) mass is 464 g/mol. The number of rotatable bonds is 6. The molecule has 7 heteroatoms. The van der Waals surface area contributed by atoms with E-state index in [-0.39, 0.29) is 17.8 Å². The number of amides is 1. The van der Waals surface area contributed by atoms with Crippen LogP contribution in [0.15, 0.2) is 30.5 Å². The van der Waals surface area contributed by atoms with E-state index in [1.54, 1.807) is 11.1 Å². The van der Waals surface area contributed by atoms with Gasteiger partial charge in [-0.05, 0) is 39.5 Å². The standard InChI is InChI=1S/C27H36N4O3/c1-4-34-27(33)21-9-8-16-31(18-21)26(32)23-17-28-24(20-14-12-19(2)13-15-20)29-25(23)30(3)22-10-6-5-7-11-22/h12-15,17,21-22H,4-11,16,18H2,1-3H3. The number of carbonyl (C=O) groups is 2. The number of hydrogen-bond donors (Lipinski definition) is 0. The molecule has 4 rings (SSSR count). The zero-order valence-corrected chi connectivity index (χ0v) is 20.6. The molecule has 0 bridgehead atoms. The summed E-state index contributed by atoms with van der Waals surface area (Å²) in [7, 11) is 2.05. The van der Waals surface area contributed by atoms with Gasteiger partial charge in [0.2, 0.25) is 0 Å². The van der Waals surface area contributed by atoms with E-state index >= 15 is 0 Å². The maximum Gasteiger partial charge on any atom is 0.310 e. The first-order valence-electron chi connectivity index (χ1n) is 12.6. The van der Waals surface area contributed by atoms with Crippen LogP contribution >= 0.6 is 0 Å². The average molecular weight is 465 g/mol. The third-order valence-electron chi connectivity index (χ3n) is 7.09. The van der Waals surface area contributed by atoms with Crippen LogP contribution in [-0.4, -0.2) is 59.5 Å². The Morgan fingerprint density at radius 3 is 2.53 bits per heavy atom. The molecule has 1 aromatic heterocycles. The number of aryl methyl sites for hydroxylation is 1. The molecule has 1 aromatic carbocycles. The molecule has 0 spiro atoms. The summed E-state index contributed by atoms with van der Waals surface area (Å²) in [5.41, 5.74) is 2.62. The van der Waals surface area contributed by atoms with Gasteiger partial charge < -0.3 is 14.5 Å². The van der Waals surface area contributed by atoms with Crippen molar-refractivity contribution in [2.24, 2.45) is 5.92 Å². The molecule has 182 valence electrons. The predicted octanol–water partition coefficient (Wildman–Crippen LogP) is 4.64.